The third-order valence-electron chi connectivity index (χ3n) is 4.60. The molecule has 1 N–H and O–H groups in total. The zero-order valence-corrected chi connectivity index (χ0v) is 14.5. The minimum Gasteiger partial charge on any atom is -0.460 e. The molecule has 130 valence electrons. The molecule has 1 aromatic carbocycles. The molecule has 1 atom stereocenters. The summed E-state index contributed by atoms with van der Waals surface area (Å²) in [6, 6.07) is 13.6. The van der Waals surface area contributed by atoms with Crippen LogP contribution in [0.4, 0.5) is 0 Å². The van der Waals surface area contributed by atoms with E-state index in [-0.39, 0.29) is 5.91 Å². The molecule has 0 bridgehead atoms. The maximum absolute atomic E-state index is 11.1. The average molecular weight is 337 g/mol. The smallest absolute Gasteiger partial charge is 0.216 e. The second-order valence-corrected chi connectivity index (χ2v) is 6.60. The Morgan fingerprint density at radius 1 is 1.36 bits per heavy atom. The molecule has 0 aliphatic carbocycles. The molecule has 1 aliphatic heterocycles. The number of likely N-dealkylation sites (tertiary alicyclic amines) is 1. The van der Waals surface area contributed by atoms with Gasteiger partial charge in [-0.15, -0.1) is 0 Å². The van der Waals surface area contributed by atoms with E-state index in [9.17, 15) is 10.1 Å². The number of furan rings is 1. The molecule has 0 unspecified atom stereocenters. The molecule has 1 aliphatic rings. The van der Waals surface area contributed by atoms with Crippen molar-refractivity contribution in [2.75, 3.05) is 19.6 Å². The van der Waals surface area contributed by atoms with Crippen molar-refractivity contribution < 1.29 is 9.21 Å². The Labute approximate surface area is 148 Å². The van der Waals surface area contributed by atoms with Crippen molar-refractivity contribution in [3.63, 3.8) is 0 Å². The van der Waals surface area contributed by atoms with Crippen LogP contribution in [0.15, 0.2) is 40.8 Å². The Kier molecular flexibility index (Phi) is 5.52. The molecule has 1 amide bonds. The van der Waals surface area contributed by atoms with Gasteiger partial charge in [0.1, 0.15) is 11.5 Å². The monoisotopic (exact) mass is 337 g/mol. The van der Waals surface area contributed by atoms with Gasteiger partial charge in [0.15, 0.2) is 0 Å². The Morgan fingerprint density at radius 2 is 2.20 bits per heavy atom. The Bertz CT molecular complexity index is 775. The van der Waals surface area contributed by atoms with Gasteiger partial charge in [0.25, 0.3) is 0 Å². The zero-order valence-electron chi connectivity index (χ0n) is 14.5. The summed E-state index contributed by atoms with van der Waals surface area (Å²) in [5.41, 5.74) is 1.45. The van der Waals surface area contributed by atoms with Crippen molar-refractivity contribution in [2.24, 2.45) is 5.92 Å². The van der Waals surface area contributed by atoms with Gasteiger partial charge in [-0.3, -0.25) is 9.69 Å². The van der Waals surface area contributed by atoms with Crippen LogP contribution in [0.25, 0.3) is 11.3 Å². The molecule has 0 radical (unpaired) electrons. The van der Waals surface area contributed by atoms with Crippen molar-refractivity contribution >= 4 is 5.91 Å². The third kappa shape index (κ3) is 4.49. The molecule has 1 saturated heterocycles. The predicted octanol–water partition coefficient (Wildman–Crippen LogP) is 3.17. The summed E-state index contributed by atoms with van der Waals surface area (Å²) in [6.07, 6.45) is 2.28. The topological polar surface area (TPSA) is 69.3 Å². The van der Waals surface area contributed by atoms with Crippen LogP contribution in [0, 0.1) is 17.2 Å². The third-order valence-corrected chi connectivity index (χ3v) is 4.60. The van der Waals surface area contributed by atoms with E-state index in [0.29, 0.717) is 11.5 Å². The van der Waals surface area contributed by atoms with E-state index in [1.165, 1.54) is 0 Å². The van der Waals surface area contributed by atoms with Gasteiger partial charge in [0, 0.05) is 25.6 Å². The number of amides is 1. The van der Waals surface area contributed by atoms with Crippen LogP contribution in [0.2, 0.25) is 0 Å². The largest absolute Gasteiger partial charge is 0.460 e. The highest BCUT2D eigenvalue weighted by atomic mass is 16.3. The molecule has 2 heterocycles. The number of hydrogen-bond acceptors (Lipinski definition) is 4. The van der Waals surface area contributed by atoms with Crippen molar-refractivity contribution in [2.45, 2.75) is 26.3 Å². The Balaban J connectivity index is 1.63. The number of carbonyl (C=O) groups excluding carboxylic acids is 1. The number of carbonyl (C=O) groups is 1. The van der Waals surface area contributed by atoms with Gasteiger partial charge in [0.2, 0.25) is 5.91 Å². The van der Waals surface area contributed by atoms with Crippen LogP contribution >= 0.6 is 0 Å². The molecule has 3 rings (SSSR count). The molecule has 1 fully saturated rings. The molecule has 0 saturated carbocycles. The average Bonchev–Trinajstić information content (AvgIpc) is 3.08. The normalized spacial score (nSPS) is 17.8. The predicted molar refractivity (Wildman–Crippen MR) is 95.5 cm³/mol. The second kappa shape index (κ2) is 8.00. The van der Waals surface area contributed by atoms with Gasteiger partial charge in [-0.25, -0.2) is 0 Å². The van der Waals surface area contributed by atoms with Crippen LogP contribution < -0.4 is 5.32 Å². The Morgan fingerprint density at radius 3 is 3.00 bits per heavy atom. The first kappa shape index (κ1) is 17.2. The molecule has 25 heavy (non-hydrogen) atoms. The summed E-state index contributed by atoms with van der Waals surface area (Å²) in [5.74, 6) is 2.16. The molecule has 2 aromatic rings. The van der Waals surface area contributed by atoms with Crippen molar-refractivity contribution in [1.29, 1.82) is 5.26 Å². The van der Waals surface area contributed by atoms with E-state index in [4.69, 9.17) is 4.42 Å². The Hall–Kier alpha value is -2.58. The molecule has 1 aromatic heterocycles. The first-order valence-corrected chi connectivity index (χ1v) is 8.70. The van der Waals surface area contributed by atoms with E-state index in [2.05, 4.69) is 16.3 Å². The minimum atomic E-state index is 0.0314. The van der Waals surface area contributed by atoms with Crippen molar-refractivity contribution in [1.82, 2.24) is 10.2 Å². The minimum absolute atomic E-state index is 0.0314. The zero-order chi connectivity index (χ0) is 17.6. The number of benzene rings is 1. The highest BCUT2D eigenvalue weighted by Crippen LogP contribution is 2.26. The van der Waals surface area contributed by atoms with Crippen molar-refractivity contribution in [3.8, 4) is 17.4 Å². The highest BCUT2D eigenvalue weighted by molar-refractivity contribution is 5.72. The lowest BCUT2D eigenvalue weighted by molar-refractivity contribution is -0.119. The maximum Gasteiger partial charge on any atom is 0.216 e. The molecule has 0 spiro atoms. The lowest BCUT2D eigenvalue weighted by Crippen LogP contribution is -2.40. The number of nitriles is 1. The van der Waals surface area contributed by atoms with Gasteiger partial charge in [-0.1, -0.05) is 12.1 Å². The number of rotatable bonds is 5. The fourth-order valence-corrected chi connectivity index (χ4v) is 3.37. The molecular weight excluding hydrogens is 314 g/mol. The lowest BCUT2D eigenvalue weighted by atomic mass is 9.98. The number of hydrogen-bond donors (Lipinski definition) is 1. The van der Waals surface area contributed by atoms with E-state index in [1.807, 2.05) is 30.3 Å². The van der Waals surface area contributed by atoms with E-state index in [1.54, 1.807) is 13.0 Å². The number of piperidine rings is 1. The molecule has 5 nitrogen and oxygen atoms in total. The first-order chi connectivity index (χ1) is 12.2. The summed E-state index contributed by atoms with van der Waals surface area (Å²) in [4.78, 5) is 13.5. The van der Waals surface area contributed by atoms with Crippen molar-refractivity contribution in [3.05, 3.63) is 47.7 Å². The van der Waals surface area contributed by atoms with Gasteiger partial charge in [0.05, 0.1) is 18.2 Å². The van der Waals surface area contributed by atoms with E-state index >= 15 is 0 Å². The quantitative estimate of drug-likeness (QED) is 0.910. The van der Waals surface area contributed by atoms with Gasteiger partial charge >= 0.3 is 0 Å². The van der Waals surface area contributed by atoms with Gasteiger partial charge < -0.3 is 9.73 Å². The fourth-order valence-electron chi connectivity index (χ4n) is 3.37. The summed E-state index contributed by atoms with van der Waals surface area (Å²) < 4.78 is 5.99. The van der Waals surface area contributed by atoms with E-state index in [0.717, 1.165) is 56.1 Å². The SMILES string of the molecule is CC(=O)NC[C@H]1CCCN(Cc2ccc(-c3ccccc3C#N)o2)C1. The number of nitrogens with one attached hydrogen (secondary N) is 1. The number of nitrogens with zero attached hydrogens (tertiary/aromatic N) is 2. The van der Waals surface area contributed by atoms with Crippen LogP contribution in [-0.2, 0) is 11.3 Å². The standard InChI is InChI=1S/C20H23N3O2/c1-15(24)22-12-16-5-4-10-23(13-16)14-18-8-9-20(25-18)19-7-3-2-6-17(19)11-21/h2-3,6-9,16H,4-5,10,12-14H2,1H3,(H,22,24)/t16-/m1/s1. The summed E-state index contributed by atoms with van der Waals surface area (Å²) >= 11 is 0. The summed E-state index contributed by atoms with van der Waals surface area (Å²) in [7, 11) is 0. The molecule has 5 heteroatoms. The summed E-state index contributed by atoms with van der Waals surface area (Å²) in [5, 5.41) is 12.2. The second-order valence-electron chi connectivity index (χ2n) is 6.60. The van der Waals surface area contributed by atoms with E-state index < -0.39 is 0 Å². The fraction of sp³-hybridized carbons (Fsp3) is 0.400. The van der Waals surface area contributed by atoms with Crippen LogP contribution in [0.3, 0.4) is 0 Å². The first-order valence-electron chi connectivity index (χ1n) is 8.70. The van der Waals surface area contributed by atoms with Gasteiger partial charge in [-0.2, -0.15) is 5.26 Å². The maximum atomic E-state index is 11.1. The van der Waals surface area contributed by atoms with Crippen LogP contribution in [0.1, 0.15) is 31.1 Å². The van der Waals surface area contributed by atoms with Crippen LogP contribution in [-0.4, -0.2) is 30.4 Å². The lowest BCUT2D eigenvalue weighted by Gasteiger charge is -2.32. The molecular formula is C20H23N3O2. The highest BCUT2D eigenvalue weighted by Gasteiger charge is 2.21. The van der Waals surface area contributed by atoms with Gasteiger partial charge in [-0.05, 0) is 49.6 Å². The van der Waals surface area contributed by atoms with Crippen LogP contribution in [0.5, 0.6) is 0 Å². The summed E-state index contributed by atoms with van der Waals surface area (Å²) in [6.45, 7) is 5.06.